The maximum atomic E-state index is 14.0. The van der Waals surface area contributed by atoms with Crippen LogP contribution >= 0.6 is 11.3 Å². The van der Waals surface area contributed by atoms with Crippen LogP contribution in [0.25, 0.3) is 0 Å². The highest BCUT2D eigenvalue weighted by Gasteiger charge is 2.28. The molecule has 7 heteroatoms. The number of hydrogen-bond acceptors (Lipinski definition) is 6. The standard InChI is InChI=1S/C16H17FN2O3S/c1-2-21-16(20)14-15(23-10-18-14)19-7-8-22-13(9-19)11-5-3-4-6-12(11)17/h3-6,10,13H,2,7-9H2,1H3. The van der Waals surface area contributed by atoms with Gasteiger partial charge in [-0.1, -0.05) is 18.2 Å². The molecule has 0 aliphatic carbocycles. The molecule has 1 aromatic heterocycles. The minimum absolute atomic E-state index is 0.283. The van der Waals surface area contributed by atoms with Crippen LogP contribution in [0.15, 0.2) is 29.8 Å². The lowest BCUT2D eigenvalue weighted by atomic mass is 10.1. The molecule has 1 aromatic carbocycles. The second kappa shape index (κ2) is 7.06. The highest BCUT2D eigenvalue weighted by molar-refractivity contribution is 7.14. The van der Waals surface area contributed by atoms with Crippen molar-refractivity contribution in [3.8, 4) is 0 Å². The predicted molar refractivity (Wildman–Crippen MR) is 85.4 cm³/mol. The van der Waals surface area contributed by atoms with Crippen molar-refractivity contribution in [2.24, 2.45) is 0 Å². The normalized spacial score (nSPS) is 18.0. The summed E-state index contributed by atoms with van der Waals surface area (Å²) in [7, 11) is 0. The number of aromatic nitrogens is 1. The first-order valence-electron chi connectivity index (χ1n) is 7.42. The Morgan fingerprint density at radius 2 is 2.35 bits per heavy atom. The molecule has 0 radical (unpaired) electrons. The van der Waals surface area contributed by atoms with Crippen molar-refractivity contribution in [1.82, 2.24) is 4.98 Å². The Morgan fingerprint density at radius 3 is 3.13 bits per heavy atom. The van der Waals surface area contributed by atoms with Crippen molar-refractivity contribution < 1.29 is 18.7 Å². The van der Waals surface area contributed by atoms with Crippen LogP contribution in [0, 0.1) is 5.82 Å². The average Bonchev–Trinajstić information content (AvgIpc) is 3.05. The lowest BCUT2D eigenvalue weighted by Crippen LogP contribution is -2.39. The highest BCUT2D eigenvalue weighted by Crippen LogP contribution is 2.32. The number of carbonyl (C=O) groups is 1. The van der Waals surface area contributed by atoms with E-state index in [1.165, 1.54) is 17.4 Å². The molecule has 5 nitrogen and oxygen atoms in total. The lowest BCUT2D eigenvalue weighted by molar-refractivity contribution is 0.0372. The Kier molecular flexibility index (Phi) is 4.88. The average molecular weight is 336 g/mol. The summed E-state index contributed by atoms with van der Waals surface area (Å²) in [5.74, 6) is -0.716. The monoisotopic (exact) mass is 336 g/mol. The molecule has 0 N–H and O–H groups in total. The molecule has 1 aliphatic heterocycles. The smallest absolute Gasteiger partial charge is 0.360 e. The fourth-order valence-electron chi connectivity index (χ4n) is 2.56. The van der Waals surface area contributed by atoms with Gasteiger partial charge >= 0.3 is 5.97 Å². The summed E-state index contributed by atoms with van der Waals surface area (Å²) < 4.78 is 24.7. The number of halogens is 1. The second-order valence-electron chi connectivity index (χ2n) is 5.05. The maximum Gasteiger partial charge on any atom is 0.360 e. The molecule has 1 fully saturated rings. The van der Waals surface area contributed by atoms with E-state index in [0.29, 0.717) is 37.6 Å². The number of ether oxygens (including phenoxy) is 2. The minimum Gasteiger partial charge on any atom is -0.461 e. The van der Waals surface area contributed by atoms with Gasteiger partial charge in [0.25, 0.3) is 0 Å². The van der Waals surface area contributed by atoms with E-state index in [2.05, 4.69) is 4.98 Å². The number of anilines is 1. The van der Waals surface area contributed by atoms with E-state index >= 15 is 0 Å². The fourth-order valence-corrected chi connectivity index (χ4v) is 3.38. The van der Waals surface area contributed by atoms with E-state index in [4.69, 9.17) is 9.47 Å². The summed E-state index contributed by atoms with van der Waals surface area (Å²) >= 11 is 1.38. The lowest BCUT2D eigenvalue weighted by Gasteiger charge is -2.34. The quantitative estimate of drug-likeness (QED) is 0.803. The van der Waals surface area contributed by atoms with Gasteiger partial charge in [0.1, 0.15) is 16.9 Å². The van der Waals surface area contributed by atoms with E-state index in [1.807, 2.05) is 4.90 Å². The van der Waals surface area contributed by atoms with Crippen molar-refractivity contribution in [2.45, 2.75) is 13.0 Å². The topological polar surface area (TPSA) is 51.7 Å². The van der Waals surface area contributed by atoms with Gasteiger partial charge in [0, 0.05) is 18.7 Å². The van der Waals surface area contributed by atoms with Crippen molar-refractivity contribution in [3.63, 3.8) is 0 Å². The summed E-state index contributed by atoms with van der Waals surface area (Å²) in [5, 5.41) is 0.744. The third-order valence-corrected chi connectivity index (χ3v) is 4.51. The summed E-state index contributed by atoms with van der Waals surface area (Å²) in [6.45, 7) is 3.61. The molecular weight excluding hydrogens is 319 g/mol. The van der Waals surface area contributed by atoms with Gasteiger partial charge in [-0.05, 0) is 13.0 Å². The SMILES string of the molecule is CCOC(=O)c1ncsc1N1CCOC(c2ccccc2F)C1. The Bertz CT molecular complexity index is 691. The van der Waals surface area contributed by atoms with Crippen molar-refractivity contribution in [3.05, 3.63) is 46.9 Å². The number of thiazole rings is 1. The molecule has 23 heavy (non-hydrogen) atoms. The van der Waals surface area contributed by atoms with Crippen LogP contribution in [0.5, 0.6) is 0 Å². The van der Waals surface area contributed by atoms with Gasteiger partial charge in [-0.2, -0.15) is 0 Å². The van der Waals surface area contributed by atoms with Crippen LogP contribution in [0.2, 0.25) is 0 Å². The van der Waals surface area contributed by atoms with E-state index in [0.717, 1.165) is 5.00 Å². The van der Waals surface area contributed by atoms with Crippen LogP contribution < -0.4 is 4.90 Å². The zero-order valence-electron chi connectivity index (χ0n) is 12.7. The molecule has 2 heterocycles. The number of hydrogen-bond donors (Lipinski definition) is 0. The number of esters is 1. The summed E-state index contributed by atoms with van der Waals surface area (Å²) in [5.41, 5.74) is 2.46. The summed E-state index contributed by atoms with van der Waals surface area (Å²) in [4.78, 5) is 18.1. The van der Waals surface area contributed by atoms with Crippen molar-refractivity contribution in [2.75, 3.05) is 31.2 Å². The molecule has 2 aromatic rings. The van der Waals surface area contributed by atoms with E-state index in [1.54, 1.807) is 30.6 Å². The van der Waals surface area contributed by atoms with Gasteiger partial charge in [0.05, 0.1) is 18.7 Å². The van der Waals surface area contributed by atoms with Crippen LogP contribution in [0.4, 0.5) is 9.39 Å². The molecule has 0 amide bonds. The van der Waals surface area contributed by atoms with Crippen LogP contribution in [0.3, 0.4) is 0 Å². The van der Waals surface area contributed by atoms with Crippen LogP contribution in [-0.2, 0) is 9.47 Å². The first-order chi connectivity index (χ1) is 11.2. The number of carbonyl (C=O) groups excluding carboxylic acids is 1. The zero-order valence-corrected chi connectivity index (χ0v) is 13.5. The fraction of sp³-hybridized carbons (Fsp3) is 0.375. The largest absolute Gasteiger partial charge is 0.461 e. The third-order valence-electron chi connectivity index (χ3n) is 3.62. The molecule has 0 saturated carbocycles. The molecule has 3 rings (SSSR count). The Balaban J connectivity index is 1.81. The molecule has 0 spiro atoms. The van der Waals surface area contributed by atoms with Crippen molar-refractivity contribution in [1.29, 1.82) is 0 Å². The first-order valence-corrected chi connectivity index (χ1v) is 8.30. The molecular formula is C16H17FN2O3S. The van der Waals surface area contributed by atoms with Gasteiger partial charge < -0.3 is 14.4 Å². The first kappa shape index (κ1) is 15.9. The van der Waals surface area contributed by atoms with E-state index in [9.17, 15) is 9.18 Å². The van der Waals surface area contributed by atoms with Gasteiger partial charge in [-0.15, -0.1) is 11.3 Å². The zero-order chi connectivity index (χ0) is 16.2. The number of morpholine rings is 1. The van der Waals surface area contributed by atoms with Gasteiger partial charge in [0.2, 0.25) is 0 Å². The van der Waals surface area contributed by atoms with E-state index in [-0.39, 0.29) is 11.9 Å². The predicted octanol–water partition coefficient (Wildman–Crippen LogP) is 3.04. The Hall–Kier alpha value is -1.99. The Labute approximate surface area is 137 Å². The second-order valence-corrected chi connectivity index (χ2v) is 5.89. The van der Waals surface area contributed by atoms with Gasteiger partial charge in [0.15, 0.2) is 5.69 Å². The number of benzene rings is 1. The highest BCUT2D eigenvalue weighted by atomic mass is 32.1. The van der Waals surface area contributed by atoms with Gasteiger partial charge in [-0.25, -0.2) is 14.2 Å². The number of nitrogens with zero attached hydrogens (tertiary/aromatic N) is 2. The minimum atomic E-state index is -0.433. The molecule has 122 valence electrons. The molecule has 1 atom stereocenters. The molecule has 0 bridgehead atoms. The molecule has 1 saturated heterocycles. The van der Waals surface area contributed by atoms with Gasteiger partial charge in [-0.3, -0.25) is 0 Å². The molecule has 1 aliphatic rings. The maximum absolute atomic E-state index is 14.0. The molecule has 1 unspecified atom stereocenters. The Morgan fingerprint density at radius 1 is 1.52 bits per heavy atom. The van der Waals surface area contributed by atoms with E-state index < -0.39 is 5.97 Å². The summed E-state index contributed by atoms with van der Waals surface area (Å²) in [6.07, 6.45) is -0.373. The van der Waals surface area contributed by atoms with Crippen LogP contribution in [0.1, 0.15) is 29.1 Å². The third kappa shape index (κ3) is 3.35. The van der Waals surface area contributed by atoms with Crippen LogP contribution in [-0.4, -0.2) is 37.3 Å². The van der Waals surface area contributed by atoms with Crippen molar-refractivity contribution >= 4 is 22.3 Å². The number of rotatable bonds is 4. The summed E-state index contributed by atoms with van der Waals surface area (Å²) in [6, 6.07) is 6.59.